The SMILES string of the molecule is CC/C(=C\C=C(/C)OC(=O)C(C)C(C)(C)C)c1ccc(F)cc1. The van der Waals surface area contributed by atoms with Crippen LogP contribution in [0.5, 0.6) is 0 Å². The topological polar surface area (TPSA) is 26.3 Å². The Kier molecular flexibility index (Phi) is 6.74. The molecule has 126 valence electrons. The molecule has 0 aliphatic heterocycles. The number of rotatable bonds is 5. The molecule has 0 aliphatic rings. The van der Waals surface area contributed by atoms with Crippen LogP contribution in [0.2, 0.25) is 0 Å². The second-order valence-electron chi connectivity index (χ2n) is 6.84. The average molecular weight is 318 g/mol. The number of carbonyl (C=O) groups is 1. The number of esters is 1. The summed E-state index contributed by atoms with van der Waals surface area (Å²) in [7, 11) is 0. The lowest BCUT2D eigenvalue weighted by Crippen LogP contribution is -2.27. The minimum atomic E-state index is -0.249. The number of ether oxygens (including phenoxy) is 1. The van der Waals surface area contributed by atoms with Gasteiger partial charge >= 0.3 is 5.97 Å². The van der Waals surface area contributed by atoms with Gasteiger partial charge in [-0.15, -0.1) is 0 Å². The van der Waals surface area contributed by atoms with Gasteiger partial charge in [0.05, 0.1) is 5.92 Å². The van der Waals surface area contributed by atoms with Gasteiger partial charge in [0.1, 0.15) is 11.6 Å². The number of carbonyl (C=O) groups excluding carboxylic acids is 1. The van der Waals surface area contributed by atoms with Gasteiger partial charge in [-0.05, 0) is 48.1 Å². The molecule has 1 aromatic carbocycles. The van der Waals surface area contributed by atoms with E-state index in [-0.39, 0.29) is 23.1 Å². The molecule has 0 saturated heterocycles. The van der Waals surface area contributed by atoms with Crippen LogP contribution in [0.25, 0.3) is 5.57 Å². The van der Waals surface area contributed by atoms with E-state index >= 15 is 0 Å². The molecule has 0 bridgehead atoms. The lowest BCUT2D eigenvalue weighted by atomic mass is 9.82. The predicted molar refractivity (Wildman–Crippen MR) is 93.1 cm³/mol. The van der Waals surface area contributed by atoms with Gasteiger partial charge in [-0.3, -0.25) is 4.79 Å². The van der Waals surface area contributed by atoms with Crippen LogP contribution >= 0.6 is 0 Å². The Balaban J connectivity index is 2.83. The molecule has 0 saturated carbocycles. The highest BCUT2D eigenvalue weighted by Crippen LogP contribution is 2.27. The molecule has 23 heavy (non-hydrogen) atoms. The Bertz CT molecular complexity index is 589. The van der Waals surface area contributed by atoms with E-state index in [1.54, 1.807) is 25.1 Å². The molecular weight excluding hydrogens is 291 g/mol. The van der Waals surface area contributed by atoms with E-state index in [0.29, 0.717) is 5.76 Å². The highest BCUT2D eigenvalue weighted by Gasteiger charge is 2.28. The van der Waals surface area contributed by atoms with E-state index in [1.165, 1.54) is 12.1 Å². The first kappa shape index (κ1) is 19.1. The third kappa shape index (κ3) is 6.01. The van der Waals surface area contributed by atoms with Gasteiger partial charge in [-0.25, -0.2) is 4.39 Å². The standard InChI is InChI=1S/C20H27FO2/c1-7-16(17-10-12-18(21)13-11-17)9-8-14(2)23-19(22)15(3)20(4,5)6/h8-13,15H,7H2,1-6H3/b14-8+,16-9+. The first-order valence-corrected chi connectivity index (χ1v) is 8.00. The normalized spacial score (nSPS) is 14.6. The van der Waals surface area contributed by atoms with Crippen molar-refractivity contribution in [1.82, 2.24) is 0 Å². The van der Waals surface area contributed by atoms with Crippen molar-refractivity contribution >= 4 is 11.5 Å². The smallest absolute Gasteiger partial charge is 0.314 e. The molecule has 0 fully saturated rings. The maximum atomic E-state index is 13.0. The van der Waals surface area contributed by atoms with Gasteiger partial charge in [-0.1, -0.05) is 52.8 Å². The first-order chi connectivity index (χ1) is 10.6. The van der Waals surface area contributed by atoms with Gasteiger partial charge in [-0.2, -0.15) is 0 Å². The summed E-state index contributed by atoms with van der Waals surface area (Å²) in [6, 6.07) is 6.39. The van der Waals surface area contributed by atoms with E-state index < -0.39 is 0 Å². The summed E-state index contributed by atoms with van der Waals surface area (Å²) in [5, 5.41) is 0. The fraction of sp³-hybridized carbons (Fsp3) is 0.450. The van der Waals surface area contributed by atoms with Gasteiger partial charge < -0.3 is 4.74 Å². The molecule has 0 N–H and O–H groups in total. The van der Waals surface area contributed by atoms with Crippen LogP contribution in [0.15, 0.2) is 42.2 Å². The zero-order valence-corrected chi connectivity index (χ0v) is 14.9. The zero-order chi connectivity index (χ0) is 17.6. The summed E-state index contributed by atoms with van der Waals surface area (Å²) < 4.78 is 18.4. The molecule has 0 spiro atoms. The van der Waals surface area contributed by atoms with E-state index in [2.05, 4.69) is 0 Å². The number of hydrogen-bond acceptors (Lipinski definition) is 2. The van der Waals surface area contributed by atoms with Gasteiger partial charge in [0.15, 0.2) is 0 Å². The maximum Gasteiger partial charge on any atom is 0.314 e. The minimum absolute atomic E-state index is 0.129. The van der Waals surface area contributed by atoms with Crippen LogP contribution in [-0.2, 0) is 9.53 Å². The Morgan fingerprint density at radius 1 is 1.22 bits per heavy atom. The second kappa shape index (κ2) is 8.09. The summed E-state index contributed by atoms with van der Waals surface area (Å²) in [6.45, 7) is 11.7. The van der Waals surface area contributed by atoms with Crippen molar-refractivity contribution in [2.24, 2.45) is 11.3 Å². The Labute approximate surface area is 139 Å². The minimum Gasteiger partial charge on any atom is -0.431 e. The van der Waals surface area contributed by atoms with Crippen molar-refractivity contribution in [3.05, 3.63) is 53.6 Å². The third-order valence-corrected chi connectivity index (χ3v) is 4.03. The van der Waals surface area contributed by atoms with E-state index in [0.717, 1.165) is 17.6 Å². The van der Waals surface area contributed by atoms with Crippen LogP contribution in [-0.4, -0.2) is 5.97 Å². The summed E-state index contributed by atoms with van der Waals surface area (Å²) in [6.07, 6.45) is 4.51. The van der Waals surface area contributed by atoms with E-state index in [9.17, 15) is 9.18 Å². The lowest BCUT2D eigenvalue weighted by Gasteiger charge is -2.25. The number of hydrogen-bond donors (Lipinski definition) is 0. The summed E-state index contributed by atoms with van der Waals surface area (Å²) >= 11 is 0. The van der Waals surface area contributed by atoms with Crippen molar-refractivity contribution in [3.63, 3.8) is 0 Å². The van der Waals surface area contributed by atoms with Crippen molar-refractivity contribution in [1.29, 1.82) is 0 Å². The lowest BCUT2D eigenvalue weighted by molar-refractivity contribution is -0.147. The molecule has 1 aromatic rings. The first-order valence-electron chi connectivity index (χ1n) is 8.00. The maximum absolute atomic E-state index is 13.0. The van der Waals surface area contributed by atoms with Gasteiger partial charge in [0, 0.05) is 0 Å². The van der Waals surface area contributed by atoms with Crippen LogP contribution in [0.4, 0.5) is 4.39 Å². The van der Waals surface area contributed by atoms with Crippen molar-refractivity contribution in [2.45, 2.75) is 48.0 Å². The fourth-order valence-electron chi connectivity index (χ4n) is 1.93. The summed E-state index contributed by atoms with van der Waals surface area (Å²) in [4.78, 5) is 12.1. The number of halogens is 1. The monoisotopic (exact) mass is 318 g/mol. The van der Waals surface area contributed by atoms with Gasteiger partial charge in [0.25, 0.3) is 0 Å². The van der Waals surface area contributed by atoms with Crippen molar-refractivity contribution in [3.8, 4) is 0 Å². The Morgan fingerprint density at radius 2 is 1.78 bits per heavy atom. The molecule has 0 radical (unpaired) electrons. The van der Waals surface area contributed by atoms with Crippen LogP contribution in [0, 0.1) is 17.2 Å². The predicted octanol–water partition coefficient (Wildman–Crippen LogP) is 5.75. The third-order valence-electron chi connectivity index (χ3n) is 4.03. The van der Waals surface area contributed by atoms with Crippen molar-refractivity contribution in [2.75, 3.05) is 0 Å². The molecule has 0 heterocycles. The summed E-state index contributed by atoms with van der Waals surface area (Å²) in [5.74, 6) is -0.0998. The Morgan fingerprint density at radius 3 is 2.26 bits per heavy atom. The Hall–Kier alpha value is -1.90. The van der Waals surface area contributed by atoms with Crippen molar-refractivity contribution < 1.29 is 13.9 Å². The molecular formula is C20H27FO2. The molecule has 1 rings (SSSR count). The fourth-order valence-corrected chi connectivity index (χ4v) is 1.93. The largest absolute Gasteiger partial charge is 0.431 e. The second-order valence-corrected chi connectivity index (χ2v) is 6.84. The van der Waals surface area contributed by atoms with Gasteiger partial charge in [0.2, 0.25) is 0 Å². The number of allylic oxidation sites excluding steroid dienone is 4. The molecule has 0 aliphatic carbocycles. The van der Waals surface area contributed by atoms with Crippen LogP contribution < -0.4 is 0 Å². The van der Waals surface area contributed by atoms with E-state index in [4.69, 9.17) is 4.74 Å². The molecule has 3 heteroatoms. The molecule has 0 amide bonds. The average Bonchev–Trinajstić information content (AvgIpc) is 2.47. The molecule has 0 aromatic heterocycles. The van der Waals surface area contributed by atoms with Crippen LogP contribution in [0.1, 0.15) is 53.5 Å². The van der Waals surface area contributed by atoms with Crippen LogP contribution in [0.3, 0.4) is 0 Å². The molecule has 1 unspecified atom stereocenters. The quantitative estimate of drug-likeness (QED) is 0.392. The number of benzene rings is 1. The zero-order valence-electron chi connectivity index (χ0n) is 14.9. The molecule has 2 nitrogen and oxygen atoms in total. The highest BCUT2D eigenvalue weighted by atomic mass is 19.1. The summed E-state index contributed by atoms with van der Waals surface area (Å²) in [5.41, 5.74) is 1.90. The van der Waals surface area contributed by atoms with E-state index in [1.807, 2.05) is 40.7 Å². The molecule has 1 atom stereocenters. The highest BCUT2D eigenvalue weighted by molar-refractivity contribution is 5.74.